The number of anilines is 1. The first-order valence-corrected chi connectivity index (χ1v) is 7.13. The third-order valence-electron chi connectivity index (χ3n) is 3.64. The molecular formula is C13H20ClN3O3. The summed E-state index contributed by atoms with van der Waals surface area (Å²) in [5.74, 6) is 0.509. The lowest BCUT2D eigenvalue weighted by Crippen LogP contribution is -2.39. The summed E-state index contributed by atoms with van der Waals surface area (Å²) in [6, 6.07) is 0. The number of aromatic nitrogens is 2. The summed E-state index contributed by atoms with van der Waals surface area (Å²) in [7, 11) is 0. The maximum absolute atomic E-state index is 12.3. The second-order valence-corrected chi connectivity index (χ2v) is 6.07. The number of halogens is 1. The number of aliphatic hydroxyl groups excluding tert-OH is 1. The SMILES string of the molecule is CC(O)(CO)CNc1c(Cl)cnn(CC2CCC2)c1=O. The first-order valence-electron chi connectivity index (χ1n) is 6.76. The number of nitrogens with one attached hydrogen (secondary N) is 1. The predicted molar refractivity (Wildman–Crippen MR) is 77.0 cm³/mol. The molecule has 20 heavy (non-hydrogen) atoms. The predicted octanol–water partition coefficient (Wildman–Crippen LogP) is 0.852. The maximum Gasteiger partial charge on any atom is 0.291 e. The van der Waals surface area contributed by atoms with Crippen molar-refractivity contribution in [2.75, 3.05) is 18.5 Å². The van der Waals surface area contributed by atoms with Gasteiger partial charge in [-0.3, -0.25) is 4.79 Å². The Morgan fingerprint density at radius 1 is 1.60 bits per heavy atom. The minimum atomic E-state index is -1.31. The van der Waals surface area contributed by atoms with Gasteiger partial charge < -0.3 is 15.5 Å². The van der Waals surface area contributed by atoms with Crippen molar-refractivity contribution < 1.29 is 10.2 Å². The Kier molecular flexibility index (Phi) is 4.67. The zero-order valence-electron chi connectivity index (χ0n) is 11.5. The van der Waals surface area contributed by atoms with Crippen LogP contribution in [0.3, 0.4) is 0 Å². The van der Waals surface area contributed by atoms with Crippen LogP contribution in [0.1, 0.15) is 26.2 Å². The average Bonchev–Trinajstić information content (AvgIpc) is 2.35. The molecular weight excluding hydrogens is 282 g/mol. The third kappa shape index (κ3) is 3.50. The van der Waals surface area contributed by atoms with Crippen molar-refractivity contribution in [2.45, 2.75) is 38.3 Å². The molecule has 6 nitrogen and oxygen atoms in total. The van der Waals surface area contributed by atoms with Crippen LogP contribution in [0.15, 0.2) is 11.0 Å². The van der Waals surface area contributed by atoms with Gasteiger partial charge >= 0.3 is 0 Å². The van der Waals surface area contributed by atoms with E-state index in [1.54, 1.807) is 0 Å². The van der Waals surface area contributed by atoms with Crippen LogP contribution < -0.4 is 10.9 Å². The van der Waals surface area contributed by atoms with Crippen molar-refractivity contribution in [1.29, 1.82) is 0 Å². The number of hydrogen-bond acceptors (Lipinski definition) is 5. The van der Waals surface area contributed by atoms with Crippen molar-refractivity contribution in [2.24, 2.45) is 5.92 Å². The summed E-state index contributed by atoms with van der Waals surface area (Å²) in [4.78, 5) is 12.3. The van der Waals surface area contributed by atoms with Crippen molar-refractivity contribution in [3.8, 4) is 0 Å². The molecule has 1 fully saturated rings. The molecule has 1 aromatic rings. The smallest absolute Gasteiger partial charge is 0.291 e. The minimum Gasteiger partial charge on any atom is -0.393 e. The van der Waals surface area contributed by atoms with Crippen molar-refractivity contribution in [3.63, 3.8) is 0 Å². The highest BCUT2D eigenvalue weighted by Crippen LogP contribution is 2.27. The van der Waals surface area contributed by atoms with Crippen LogP contribution in [0.2, 0.25) is 5.02 Å². The summed E-state index contributed by atoms with van der Waals surface area (Å²) in [5.41, 5.74) is -1.38. The average molecular weight is 302 g/mol. The van der Waals surface area contributed by atoms with Gasteiger partial charge in [0.2, 0.25) is 0 Å². The number of rotatable bonds is 6. The van der Waals surface area contributed by atoms with E-state index in [2.05, 4.69) is 10.4 Å². The Morgan fingerprint density at radius 3 is 2.85 bits per heavy atom. The zero-order valence-corrected chi connectivity index (χ0v) is 12.2. The summed E-state index contributed by atoms with van der Waals surface area (Å²) < 4.78 is 1.41. The van der Waals surface area contributed by atoms with E-state index in [1.807, 2.05) is 0 Å². The number of nitrogens with zero attached hydrogens (tertiary/aromatic N) is 2. The van der Waals surface area contributed by atoms with E-state index >= 15 is 0 Å². The molecule has 0 saturated heterocycles. The van der Waals surface area contributed by atoms with Gasteiger partial charge in [0, 0.05) is 13.1 Å². The van der Waals surface area contributed by atoms with Crippen molar-refractivity contribution in [3.05, 3.63) is 21.6 Å². The molecule has 0 aromatic carbocycles. The topological polar surface area (TPSA) is 87.4 Å². The van der Waals surface area contributed by atoms with E-state index < -0.39 is 12.2 Å². The van der Waals surface area contributed by atoms with Crippen LogP contribution in [0, 0.1) is 5.92 Å². The molecule has 1 aromatic heterocycles. The maximum atomic E-state index is 12.3. The molecule has 0 bridgehead atoms. The van der Waals surface area contributed by atoms with Crippen LogP contribution in [0.25, 0.3) is 0 Å². The van der Waals surface area contributed by atoms with Crippen LogP contribution in [0.4, 0.5) is 5.69 Å². The fourth-order valence-electron chi connectivity index (χ4n) is 2.01. The van der Waals surface area contributed by atoms with E-state index in [1.165, 1.54) is 24.2 Å². The van der Waals surface area contributed by atoms with Gasteiger partial charge in [-0.05, 0) is 25.7 Å². The highest BCUT2D eigenvalue weighted by atomic mass is 35.5. The summed E-state index contributed by atoms with van der Waals surface area (Å²) >= 11 is 5.98. The molecule has 1 atom stereocenters. The Morgan fingerprint density at radius 2 is 2.30 bits per heavy atom. The van der Waals surface area contributed by atoms with Crippen LogP contribution in [-0.2, 0) is 6.54 Å². The first kappa shape index (κ1) is 15.3. The first-order chi connectivity index (χ1) is 9.43. The minimum absolute atomic E-state index is 0.0336. The summed E-state index contributed by atoms with van der Waals surface area (Å²) in [6.45, 7) is 1.70. The molecule has 1 saturated carbocycles. The van der Waals surface area contributed by atoms with Crippen LogP contribution >= 0.6 is 11.6 Å². The molecule has 0 radical (unpaired) electrons. The standard InChI is InChI=1S/C13H20ClN3O3/c1-13(20,8-18)7-15-11-10(14)5-16-17(12(11)19)6-9-3-2-4-9/h5,9,15,18,20H,2-4,6-8H2,1H3. The van der Waals surface area contributed by atoms with Crippen LogP contribution in [0.5, 0.6) is 0 Å². The number of aliphatic hydroxyl groups is 2. The fourth-order valence-corrected chi connectivity index (χ4v) is 2.20. The van der Waals surface area contributed by atoms with Gasteiger partial charge in [0.05, 0.1) is 17.8 Å². The van der Waals surface area contributed by atoms with Gasteiger partial charge in [-0.15, -0.1) is 0 Å². The van der Waals surface area contributed by atoms with Gasteiger partial charge in [0.15, 0.2) is 0 Å². The zero-order chi connectivity index (χ0) is 14.8. The Labute approximate surface area is 122 Å². The molecule has 0 spiro atoms. The summed E-state index contributed by atoms with van der Waals surface area (Å²) in [6.07, 6.45) is 4.88. The molecule has 3 N–H and O–H groups in total. The second kappa shape index (κ2) is 6.11. The van der Waals surface area contributed by atoms with Gasteiger partial charge in [0.25, 0.3) is 5.56 Å². The lowest BCUT2D eigenvalue weighted by atomic mass is 9.85. The largest absolute Gasteiger partial charge is 0.393 e. The molecule has 0 aliphatic heterocycles. The highest BCUT2D eigenvalue weighted by Gasteiger charge is 2.22. The van der Waals surface area contributed by atoms with Crippen LogP contribution in [-0.4, -0.2) is 38.7 Å². The Balaban J connectivity index is 2.14. The third-order valence-corrected chi connectivity index (χ3v) is 3.93. The lowest BCUT2D eigenvalue weighted by Gasteiger charge is -2.26. The quantitative estimate of drug-likeness (QED) is 0.725. The van der Waals surface area contributed by atoms with E-state index in [9.17, 15) is 9.90 Å². The van der Waals surface area contributed by atoms with E-state index in [-0.39, 0.29) is 22.8 Å². The molecule has 2 rings (SSSR count). The van der Waals surface area contributed by atoms with E-state index in [4.69, 9.17) is 16.7 Å². The Bertz CT molecular complexity index is 526. The Hall–Kier alpha value is -1.11. The molecule has 1 heterocycles. The molecule has 112 valence electrons. The molecule has 1 aliphatic carbocycles. The van der Waals surface area contributed by atoms with Gasteiger partial charge in [-0.1, -0.05) is 18.0 Å². The molecule has 1 aliphatic rings. The second-order valence-electron chi connectivity index (χ2n) is 5.66. The highest BCUT2D eigenvalue weighted by molar-refractivity contribution is 6.32. The van der Waals surface area contributed by atoms with Crippen molar-refractivity contribution >= 4 is 17.3 Å². The van der Waals surface area contributed by atoms with E-state index in [0.29, 0.717) is 12.5 Å². The van der Waals surface area contributed by atoms with Crippen molar-refractivity contribution in [1.82, 2.24) is 9.78 Å². The lowest BCUT2D eigenvalue weighted by molar-refractivity contribution is 0.0132. The number of hydrogen-bond donors (Lipinski definition) is 3. The van der Waals surface area contributed by atoms with Gasteiger partial charge in [-0.2, -0.15) is 5.10 Å². The van der Waals surface area contributed by atoms with Gasteiger partial charge in [-0.25, -0.2) is 4.68 Å². The van der Waals surface area contributed by atoms with Gasteiger partial charge in [0.1, 0.15) is 11.3 Å². The summed E-state index contributed by atoms with van der Waals surface area (Å²) in [5, 5.41) is 25.8. The molecule has 0 amide bonds. The van der Waals surface area contributed by atoms with E-state index in [0.717, 1.165) is 12.8 Å². The normalized spacial score (nSPS) is 18.4. The molecule has 1 unspecified atom stereocenters. The monoisotopic (exact) mass is 301 g/mol. The fraction of sp³-hybridized carbons (Fsp3) is 0.692. The molecule has 7 heteroatoms.